The summed E-state index contributed by atoms with van der Waals surface area (Å²) in [6.45, 7) is 0.389. The van der Waals surface area contributed by atoms with E-state index in [-0.39, 0.29) is 53.0 Å². The predicted molar refractivity (Wildman–Crippen MR) is 111 cm³/mol. The SMILES string of the molecule is O=C1C(CC2=CC(CN3C(=O)C4CC=CCC4C3=O)CC=C2)C(=O)C2CC=CCC12. The number of carbonyl (C=O) groups excluding carboxylic acids is 4. The van der Waals surface area contributed by atoms with E-state index in [1.54, 1.807) is 0 Å². The molecule has 5 rings (SSSR count). The third-order valence-electron chi connectivity index (χ3n) is 7.53. The Hall–Kier alpha value is -2.56. The van der Waals surface area contributed by atoms with Crippen LogP contribution in [0, 0.1) is 35.5 Å². The summed E-state index contributed by atoms with van der Waals surface area (Å²) in [6.07, 6.45) is 18.0. The molecule has 5 heteroatoms. The fraction of sp³-hybridized carbons (Fsp3) is 0.520. The molecule has 1 heterocycles. The van der Waals surface area contributed by atoms with Gasteiger partial charge in [-0.1, -0.05) is 48.1 Å². The molecule has 0 bridgehead atoms. The first-order valence-electron chi connectivity index (χ1n) is 11.1. The molecule has 0 N–H and O–H groups in total. The van der Waals surface area contributed by atoms with Gasteiger partial charge < -0.3 is 0 Å². The van der Waals surface area contributed by atoms with Crippen molar-refractivity contribution in [2.75, 3.05) is 6.54 Å². The molecule has 0 aromatic carbocycles. The Balaban J connectivity index is 1.27. The number of Topliss-reactive ketones (excluding diaryl/α,β-unsaturated/α-hetero) is 2. The molecule has 5 unspecified atom stereocenters. The minimum absolute atomic E-state index is 0.0431. The monoisotopic (exact) mass is 405 g/mol. The van der Waals surface area contributed by atoms with Crippen molar-refractivity contribution in [3.05, 3.63) is 48.1 Å². The Morgan fingerprint density at radius 2 is 1.23 bits per heavy atom. The van der Waals surface area contributed by atoms with Crippen LogP contribution in [-0.2, 0) is 19.2 Å². The van der Waals surface area contributed by atoms with Crippen LogP contribution >= 0.6 is 0 Å². The van der Waals surface area contributed by atoms with Crippen molar-refractivity contribution in [1.29, 1.82) is 0 Å². The number of nitrogens with zero attached hydrogens (tertiary/aromatic N) is 1. The number of rotatable bonds is 4. The highest BCUT2D eigenvalue weighted by Crippen LogP contribution is 2.41. The number of likely N-dealkylation sites (tertiary alicyclic amines) is 1. The molecule has 0 radical (unpaired) electrons. The number of carbonyl (C=O) groups is 4. The van der Waals surface area contributed by atoms with E-state index in [0.29, 0.717) is 38.6 Å². The van der Waals surface area contributed by atoms with Gasteiger partial charge in [-0.2, -0.15) is 0 Å². The molecule has 1 aliphatic heterocycles. The smallest absolute Gasteiger partial charge is 0.233 e. The molecule has 5 nitrogen and oxygen atoms in total. The lowest BCUT2D eigenvalue weighted by Crippen LogP contribution is -2.35. The standard InChI is InChI=1S/C25H27NO4/c27-22-17-8-1-2-9-18(17)23(28)21(22)13-15-6-5-7-16(12-15)14-26-24(29)19-10-3-4-11-20(19)25(26)30/h1-6,12,16-21H,7-11,13-14H2. The van der Waals surface area contributed by atoms with Gasteiger partial charge in [-0.3, -0.25) is 24.1 Å². The molecule has 156 valence electrons. The van der Waals surface area contributed by atoms with E-state index < -0.39 is 5.92 Å². The van der Waals surface area contributed by atoms with E-state index in [1.165, 1.54) is 4.90 Å². The first kappa shape index (κ1) is 19.4. The normalized spacial score (nSPS) is 37.6. The second-order valence-corrected chi connectivity index (χ2v) is 9.30. The zero-order chi connectivity index (χ0) is 20.8. The van der Waals surface area contributed by atoms with Crippen LogP contribution in [0.3, 0.4) is 0 Å². The van der Waals surface area contributed by atoms with Gasteiger partial charge in [0.25, 0.3) is 0 Å². The summed E-state index contributed by atoms with van der Waals surface area (Å²) in [5, 5.41) is 0. The zero-order valence-corrected chi connectivity index (χ0v) is 17.0. The third-order valence-corrected chi connectivity index (χ3v) is 7.53. The van der Waals surface area contributed by atoms with Crippen LogP contribution in [0.5, 0.6) is 0 Å². The lowest BCUT2D eigenvalue weighted by atomic mass is 9.85. The van der Waals surface area contributed by atoms with Gasteiger partial charge in [-0.05, 0) is 44.4 Å². The van der Waals surface area contributed by atoms with E-state index in [9.17, 15) is 19.2 Å². The van der Waals surface area contributed by atoms with Gasteiger partial charge in [0.1, 0.15) is 11.6 Å². The predicted octanol–water partition coefficient (Wildman–Crippen LogP) is 3.18. The summed E-state index contributed by atoms with van der Waals surface area (Å²) in [7, 11) is 0. The van der Waals surface area contributed by atoms with Crippen LogP contribution in [-0.4, -0.2) is 34.8 Å². The number of amides is 2. The highest BCUT2D eigenvalue weighted by atomic mass is 16.2. The Morgan fingerprint density at radius 3 is 1.80 bits per heavy atom. The van der Waals surface area contributed by atoms with Gasteiger partial charge in [-0.25, -0.2) is 0 Å². The molecule has 0 spiro atoms. The van der Waals surface area contributed by atoms with Crippen molar-refractivity contribution in [3.63, 3.8) is 0 Å². The molecule has 5 aliphatic rings. The fourth-order valence-electron chi connectivity index (χ4n) is 5.90. The lowest BCUT2D eigenvalue weighted by Gasteiger charge is -2.23. The largest absolute Gasteiger partial charge is 0.299 e. The molecule has 0 aromatic rings. The minimum atomic E-state index is -0.543. The second-order valence-electron chi connectivity index (χ2n) is 9.30. The molecular weight excluding hydrogens is 378 g/mol. The zero-order valence-electron chi connectivity index (χ0n) is 17.0. The van der Waals surface area contributed by atoms with Crippen molar-refractivity contribution in [2.45, 2.75) is 38.5 Å². The molecule has 1 saturated heterocycles. The van der Waals surface area contributed by atoms with Gasteiger partial charge in [0.05, 0.1) is 17.8 Å². The quantitative estimate of drug-likeness (QED) is 0.409. The third kappa shape index (κ3) is 3.15. The van der Waals surface area contributed by atoms with E-state index in [4.69, 9.17) is 0 Å². The molecular formula is C25H27NO4. The summed E-state index contributed by atoms with van der Waals surface area (Å²) in [5.41, 5.74) is 0.975. The molecule has 5 atom stereocenters. The summed E-state index contributed by atoms with van der Waals surface area (Å²) in [6, 6.07) is 0. The molecule has 30 heavy (non-hydrogen) atoms. The summed E-state index contributed by atoms with van der Waals surface area (Å²) >= 11 is 0. The van der Waals surface area contributed by atoms with Crippen molar-refractivity contribution in [1.82, 2.24) is 4.90 Å². The molecule has 1 saturated carbocycles. The van der Waals surface area contributed by atoms with E-state index in [2.05, 4.69) is 6.08 Å². The van der Waals surface area contributed by atoms with Gasteiger partial charge in [0, 0.05) is 18.4 Å². The Kier molecular flexibility index (Phi) is 4.92. The first-order chi connectivity index (χ1) is 14.5. The molecule has 4 aliphatic carbocycles. The van der Waals surface area contributed by atoms with Crippen molar-refractivity contribution >= 4 is 23.4 Å². The number of imide groups is 1. The van der Waals surface area contributed by atoms with Crippen LogP contribution in [0.2, 0.25) is 0 Å². The van der Waals surface area contributed by atoms with Gasteiger partial charge in [0.15, 0.2) is 0 Å². The van der Waals surface area contributed by atoms with E-state index >= 15 is 0 Å². The Bertz CT molecular complexity index is 871. The van der Waals surface area contributed by atoms with Gasteiger partial charge >= 0.3 is 0 Å². The van der Waals surface area contributed by atoms with E-state index in [1.807, 2.05) is 36.5 Å². The number of fused-ring (bicyclic) bond motifs is 2. The first-order valence-corrected chi connectivity index (χ1v) is 11.1. The second kappa shape index (κ2) is 7.60. The molecule has 2 fully saturated rings. The van der Waals surface area contributed by atoms with Crippen molar-refractivity contribution in [3.8, 4) is 0 Å². The number of ketones is 2. The topological polar surface area (TPSA) is 71.5 Å². The number of allylic oxidation sites excluding steroid dienone is 7. The summed E-state index contributed by atoms with van der Waals surface area (Å²) in [5.74, 6) is -1.10. The number of hydrogen-bond acceptors (Lipinski definition) is 4. The number of hydrogen-bond donors (Lipinski definition) is 0. The van der Waals surface area contributed by atoms with Crippen LogP contribution in [0.25, 0.3) is 0 Å². The van der Waals surface area contributed by atoms with Crippen LogP contribution in [0.1, 0.15) is 38.5 Å². The highest BCUT2D eigenvalue weighted by molar-refractivity contribution is 6.12. The minimum Gasteiger partial charge on any atom is -0.299 e. The average Bonchev–Trinajstić information content (AvgIpc) is 3.15. The van der Waals surface area contributed by atoms with Gasteiger partial charge in [-0.15, -0.1) is 0 Å². The van der Waals surface area contributed by atoms with Gasteiger partial charge in [0.2, 0.25) is 11.8 Å². The van der Waals surface area contributed by atoms with Crippen molar-refractivity contribution in [2.24, 2.45) is 35.5 Å². The maximum atomic E-state index is 12.8. The Morgan fingerprint density at radius 1 is 0.700 bits per heavy atom. The van der Waals surface area contributed by atoms with Crippen molar-refractivity contribution < 1.29 is 19.2 Å². The Labute approximate surface area is 176 Å². The van der Waals surface area contributed by atoms with Crippen LogP contribution < -0.4 is 0 Å². The van der Waals surface area contributed by atoms with Crippen LogP contribution in [0.15, 0.2) is 48.1 Å². The molecule has 2 amide bonds. The fourth-order valence-corrected chi connectivity index (χ4v) is 5.90. The molecule has 0 aromatic heterocycles. The average molecular weight is 405 g/mol. The lowest BCUT2D eigenvalue weighted by molar-refractivity contribution is -0.140. The summed E-state index contributed by atoms with van der Waals surface area (Å²) < 4.78 is 0. The van der Waals surface area contributed by atoms with E-state index in [0.717, 1.165) is 12.0 Å². The summed E-state index contributed by atoms with van der Waals surface area (Å²) in [4.78, 5) is 52.6. The maximum absolute atomic E-state index is 12.8. The highest BCUT2D eigenvalue weighted by Gasteiger charge is 2.49. The van der Waals surface area contributed by atoms with Crippen LogP contribution in [0.4, 0.5) is 0 Å². The maximum Gasteiger partial charge on any atom is 0.233 e.